The van der Waals surface area contributed by atoms with Gasteiger partial charge in [0.1, 0.15) is 28.6 Å². The molecule has 5 aromatic rings. The average Bonchev–Trinajstić information content (AvgIpc) is 3.93. The molecule has 4 fully saturated rings. The van der Waals surface area contributed by atoms with Crippen LogP contribution >= 0.6 is 0 Å². The Hall–Kier alpha value is -5.84. The molecule has 2 aliphatic heterocycles. The zero-order valence-corrected chi connectivity index (χ0v) is 39.2. The second kappa shape index (κ2) is 18.3. The molecule has 4 aliphatic rings. The van der Waals surface area contributed by atoms with Crippen LogP contribution in [-0.2, 0) is 10.0 Å². The summed E-state index contributed by atoms with van der Waals surface area (Å²) in [6, 6.07) is 19.3. The fraction of sp³-hybridized carbons (Fsp3) is 0.451. The molecule has 1 amide bonds. The van der Waals surface area contributed by atoms with E-state index in [1.807, 2.05) is 0 Å². The largest absolute Gasteiger partial charge is 0.454 e. The number of nitrogens with zero attached hydrogens (tertiary/aromatic N) is 4. The van der Waals surface area contributed by atoms with Crippen molar-refractivity contribution in [3.05, 3.63) is 118 Å². The third-order valence-electron chi connectivity index (χ3n) is 14.9. The lowest BCUT2D eigenvalue weighted by Gasteiger charge is -2.57. The van der Waals surface area contributed by atoms with Gasteiger partial charge >= 0.3 is 0 Å². The maximum Gasteiger partial charge on any atom is 0.293 e. The first-order valence-electron chi connectivity index (χ1n) is 23.5. The number of halogens is 1. The highest BCUT2D eigenvalue weighted by Crippen LogP contribution is 2.49. The van der Waals surface area contributed by atoms with E-state index in [1.54, 1.807) is 19.1 Å². The molecule has 4 N–H and O–H groups in total. The Morgan fingerprint density at radius 3 is 2.51 bits per heavy atom. The number of nitro groups is 1. The smallest absolute Gasteiger partial charge is 0.293 e. The third kappa shape index (κ3) is 9.53. The number of sulfonamides is 1. The highest BCUT2D eigenvalue weighted by atomic mass is 32.2. The number of aromatic amines is 1. The lowest BCUT2D eigenvalue weighted by atomic mass is 9.70. The molecule has 4 heterocycles. The predicted molar refractivity (Wildman–Crippen MR) is 258 cm³/mol. The highest BCUT2D eigenvalue weighted by Gasteiger charge is 2.49. The first-order chi connectivity index (χ1) is 32.0. The molecule has 2 aromatic heterocycles. The molecule has 14 nitrogen and oxygen atoms in total. The van der Waals surface area contributed by atoms with Crippen molar-refractivity contribution in [1.29, 1.82) is 0 Å². The summed E-state index contributed by atoms with van der Waals surface area (Å²) in [4.78, 5) is 37.3. The molecule has 2 saturated heterocycles. The molecule has 1 spiro atoms. The average molecular weight is 934 g/mol. The Labute approximate surface area is 391 Å². The fourth-order valence-corrected chi connectivity index (χ4v) is 12.0. The quantitative estimate of drug-likeness (QED) is 0.0614. The Balaban J connectivity index is 0.928. The van der Waals surface area contributed by atoms with Crippen LogP contribution in [0.3, 0.4) is 0 Å². The summed E-state index contributed by atoms with van der Waals surface area (Å²) in [5.74, 6) is -0.277. The molecule has 354 valence electrons. The Morgan fingerprint density at radius 1 is 1.04 bits per heavy atom. The minimum absolute atomic E-state index is 0.00390. The highest BCUT2D eigenvalue weighted by molar-refractivity contribution is 7.90. The number of pyridine rings is 1. The molecule has 0 bridgehead atoms. The van der Waals surface area contributed by atoms with Crippen LogP contribution in [0, 0.1) is 27.3 Å². The molecule has 67 heavy (non-hydrogen) atoms. The van der Waals surface area contributed by atoms with Crippen molar-refractivity contribution < 1.29 is 32.4 Å². The maximum absolute atomic E-state index is 14.8. The van der Waals surface area contributed by atoms with E-state index < -0.39 is 42.9 Å². The van der Waals surface area contributed by atoms with Crippen LogP contribution in [0.2, 0.25) is 0 Å². The zero-order chi connectivity index (χ0) is 47.3. The van der Waals surface area contributed by atoms with Crippen molar-refractivity contribution in [2.45, 2.75) is 107 Å². The molecular weight excluding hydrogens is 874 g/mol. The molecular formula is C51H60FN7O7S. The van der Waals surface area contributed by atoms with Crippen molar-refractivity contribution in [2.75, 3.05) is 42.9 Å². The molecule has 16 heteroatoms. The second-order valence-corrected chi connectivity index (χ2v) is 21.5. The van der Waals surface area contributed by atoms with Crippen molar-refractivity contribution in [3.63, 3.8) is 0 Å². The fourth-order valence-electron chi connectivity index (χ4n) is 11.0. The minimum Gasteiger partial charge on any atom is -0.454 e. The summed E-state index contributed by atoms with van der Waals surface area (Å²) in [6.07, 6.45) is 11.0. The number of benzene rings is 3. The lowest BCUT2D eigenvalue weighted by molar-refractivity contribution is -0.384. The van der Waals surface area contributed by atoms with Gasteiger partial charge in [0.2, 0.25) is 0 Å². The van der Waals surface area contributed by atoms with Gasteiger partial charge in [0.05, 0.1) is 26.4 Å². The van der Waals surface area contributed by atoms with Crippen molar-refractivity contribution in [3.8, 4) is 11.5 Å². The molecule has 2 aliphatic carbocycles. The number of hydrogen-bond acceptors (Lipinski definition) is 11. The van der Waals surface area contributed by atoms with Crippen LogP contribution in [-0.4, -0.2) is 83.6 Å². The summed E-state index contributed by atoms with van der Waals surface area (Å²) in [6.45, 7) is 14.3. The molecule has 2 atom stereocenters. The standard InChI is InChI=1S/C51H60FN7O7S/c1-5-42-47(27-40-41(52)29-54-48(40)55-42)66-46-25-34(57-23-21-51(22-24-57)30-58(31-51)44-12-8-11-38(44)37-10-7-6-9-36(37)32(2)3)13-15-39(46)49(60)56-67(64,65)35-14-16-43(45(26-35)59(62)63)53-28-33-17-19-50(4,61)20-18-33/h5-7,9-10,13-16,25-27,29,32-33,38,44,53,61H,1,8,11-12,17-24,28,30-31H2,2-4H3,(H,54,55)(H,56,60)/t33-,38-,44?,50-/m0/s1. The van der Waals surface area contributed by atoms with E-state index in [4.69, 9.17) is 4.74 Å². The van der Waals surface area contributed by atoms with Gasteiger partial charge in [-0.25, -0.2) is 22.5 Å². The Bertz CT molecular complexity index is 2800. The maximum atomic E-state index is 14.8. The van der Waals surface area contributed by atoms with Crippen LogP contribution < -0.4 is 19.7 Å². The van der Waals surface area contributed by atoms with Gasteiger partial charge in [-0.05, 0) is 129 Å². The number of carbonyl (C=O) groups excluding carboxylic acids is 1. The molecule has 0 radical (unpaired) electrons. The summed E-state index contributed by atoms with van der Waals surface area (Å²) in [7, 11) is -4.65. The molecule has 1 unspecified atom stereocenters. The van der Waals surface area contributed by atoms with Gasteiger partial charge in [-0.2, -0.15) is 0 Å². The summed E-state index contributed by atoms with van der Waals surface area (Å²) < 4.78 is 51.0. The number of ether oxygens (including phenoxy) is 1. The number of H-pyrrole nitrogens is 1. The molecule has 2 saturated carbocycles. The number of amides is 1. The zero-order valence-electron chi connectivity index (χ0n) is 38.4. The van der Waals surface area contributed by atoms with Crippen molar-refractivity contribution in [1.82, 2.24) is 19.6 Å². The van der Waals surface area contributed by atoms with Gasteiger partial charge in [-0.15, -0.1) is 0 Å². The van der Waals surface area contributed by atoms with Gasteiger partial charge in [0.25, 0.3) is 21.6 Å². The third-order valence-corrected chi connectivity index (χ3v) is 16.3. The van der Waals surface area contributed by atoms with Gasteiger partial charge in [0, 0.05) is 62.8 Å². The normalized spacial score (nSPS) is 23.0. The number of fused-ring (bicyclic) bond motifs is 1. The SMILES string of the molecule is C=Cc1nc2[nH]cc(F)c2cc1Oc1cc(N2CCC3(CC2)CN(C2CCC[C@H]2c2ccccc2C(C)C)C3)ccc1C(=O)NS(=O)(=O)c1ccc(NC[C@H]2CC[C@](C)(O)CC2)c([N+](=O)[O-])c1. The number of carbonyl (C=O) groups is 1. The van der Waals surface area contributed by atoms with E-state index in [1.165, 1.54) is 66.9 Å². The molecule has 9 rings (SSSR count). The first kappa shape index (κ1) is 46.3. The van der Waals surface area contributed by atoms with Crippen LogP contribution in [0.4, 0.5) is 21.5 Å². The van der Waals surface area contributed by atoms with Crippen LogP contribution in [0.15, 0.2) is 84.4 Å². The number of piperidine rings is 1. The van der Waals surface area contributed by atoms with Gasteiger partial charge in [0.15, 0.2) is 5.75 Å². The number of nitro benzene ring substituents is 1. The Morgan fingerprint density at radius 2 is 1.79 bits per heavy atom. The number of rotatable bonds is 14. The van der Waals surface area contributed by atoms with Crippen LogP contribution in [0.25, 0.3) is 17.1 Å². The predicted octanol–water partition coefficient (Wildman–Crippen LogP) is 9.88. The van der Waals surface area contributed by atoms with Gasteiger partial charge < -0.3 is 25.0 Å². The number of likely N-dealkylation sites (tertiary alicyclic amines) is 1. The van der Waals surface area contributed by atoms with Crippen molar-refractivity contribution in [2.24, 2.45) is 11.3 Å². The summed E-state index contributed by atoms with van der Waals surface area (Å²) in [5, 5.41) is 25.8. The van der Waals surface area contributed by atoms with E-state index >= 15 is 0 Å². The summed E-state index contributed by atoms with van der Waals surface area (Å²) >= 11 is 0. The van der Waals surface area contributed by atoms with E-state index in [0.717, 1.165) is 63.6 Å². The van der Waals surface area contributed by atoms with Crippen molar-refractivity contribution >= 4 is 50.1 Å². The number of nitrogens with one attached hydrogen (secondary N) is 3. The lowest BCUT2D eigenvalue weighted by Crippen LogP contribution is -2.63. The van der Waals surface area contributed by atoms with Gasteiger partial charge in [-0.1, -0.05) is 51.1 Å². The summed E-state index contributed by atoms with van der Waals surface area (Å²) in [5.41, 5.74) is 3.31. The first-order valence-corrected chi connectivity index (χ1v) is 25.0. The number of anilines is 2. The van der Waals surface area contributed by atoms with E-state index in [-0.39, 0.29) is 50.8 Å². The van der Waals surface area contributed by atoms with E-state index in [2.05, 4.69) is 74.5 Å². The van der Waals surface area contributed by atoms with E-state index in [9.17, 15) is 32.8 Å². The number of aromatic nitrogens is 2. The number of aliphatic hydroxyl groups is 1. The van der Waals surface area contributed by atoms with E-state index in [0.29, 0.717) is 37.3 Å². The monoisotopic (exact) mass is 933 g/mol. The topological polar surface area (TPSA) is 183 Å². The Kier molecular flexibility index (Phi) is 12.7. The van der Waals surface area contributed by atoms with Crippen LogP contribution in [0.5, 0.6) is 11.5 Å². The minimum atomic E-state index is -4.65. The molecule has 3 aromatic carbocycles. The van der Waals surface area contributed by atoms with Crippen LogP contribution in [0.1, 0.15) is 118 Å². The number of hydrogen-bond donors (Lipinski definition) is 4. The van der Waals surface area contributed by atoms with Gasteiger partial charge in [-0.3, -0.25) is 19.8 Å². The second-order valence-electron chi connectivity index (χ2n) is 19.9.